The molecule has 0 unspecified atom stereocenters. The normalized spacial score (nSPS) is 12.2. The number of pyridine rings is 1. The van der Waals surface area contributed by atoms with E-state index in [4.69, 9.17) is 4.99 Å². The molecule has 0 aromatic carbocycles. The van der Waals surface area contributed by atoms with E-state index < -0.39 is 0 Å². The number of aliphatic imine (C=N–C) groups is 1. The van der Waals surface area contributed by atoms with E-state index in [0.717, 1.165) is 43.4 Å². The maximum Gasteiger partial charge on any atom is 0.191 e. The van der Waals surface area contributed by atoms with Gasteiger partial charge in [0.05, 0.1) is 6.54 Å². The topological polar surface area (TPSA) is 55.8 Å². The van der Waals surface area contributed by atoms with Crippen LogP contribution in [0.15, 0.2) is 23.3 Å². The van der Waals surface area contributed by atoms with Gasteiger partial charge in [-0.3, -0.25) is 4.90 Å². The van der Waals surface area contributed by atoms with Crippen molar-refractivity contribution < 1.29 is 0 Å². The Morgan fingerprint density at radius 1 is 1.15 bits per heavy atom. The summed E-state index contributed by atoms with van der Waals surface area (Å²) in [6, 6.07) is 5.20. The zero-order chi connectivity index (χ0) is 19.5. The summed E-state index contributed by atoms with van der Waals surface area (Å²) in [5, 5.41) is 6.78. The van der Waals surface area contributed by atoms with Crippen molar-refractivity contribution in [3.05, 3.63) is 23.9 Å². The lowest BCUT2D eigenvalue weighted by Gasteiger charge is -2.30. The Morgan fingerprint density at radius 2 is 1.85 bits per heavy atom. The largest absolute Gasteiger partial charge is 0.362 e. The van der Waals surface area contributed by atoms with Crippen molar-refractivity contribution in [2.75, 3.05) is 38.6 Å². The van der Waals surface area contributed by atoms with Gasteiger partial charge in [-0.15, -0.1) is 0 Å². The first-order valence-electron chi connectivity index (χ1n) is 9.75. The molecule has 26 heavy (non-hydrogen) atoms. The Morgan fingerprint density at radius 3 is 2.42 bits per heavy atom. The molecule has 6 nitrogen and oxygen atoms in total. The van der Waals surface area contributed by atoms with Crippen LogP contribution < -0.4 is 15.5 Å². The molecule has 0 aliphatic carbocycles. The number of anilines is 1. The Kier molecular flexibility index (Phi) is 10.0. The summed E-state index contributed by atoms with van der Waals surface area (Å²) < 4.78 is 0. The third kappa shape index (κ3) is 7.60. The number of hydrogen-bond donors (Lipinski definition) is 2. The van der Waals surface area contributed by atoms with Crippen LogP contribution >= 0.6 is 0 Å². The van der Waals surface area contributed by atoms with E-state index in [0.29, 0.717) is 18.6 Å². The number of nitrogens with one attached hydrogen (secondary N) is 2. The quantitative estimate of drug-likeness (QED) is 0.381. The number of rotatable bonds is 10. The number of aromatic nitrogens is 1. The molecule has 0 atom stereocenters. The summed E-state index contributed by atoms with van der Waals surface area (Å²) in [4.78, 5) is 13.7. The fourth-order valence-electron chi connectivity index (χ4n) is 3.04. The molecule has 0 spiro atoms. The van der Waals surface area contributed by atoms with Crippen LogP contribution in [-0.2, 0) is 6.54 Å². The van der Waals surface area contributed by atoms with Gasteiger partial charge < -0.3 is 15.5 Å². The monoisotopic (exact) mass is 362 g/mol. The van der Waals surface area contributed by atoms with Crippen LogP contribution in [0.1, 0.15) is 46.6 Å². The average molecular weight is 363 g/mol. The van der Waals surface area contributed by atoms with Gasteiger partial charge >= 0.3 is 0 Å². The molecule has 1 aromatic heterocycles. The van der Waals surface area contributed by atoms with Crippen molar-refractivity contribution in [2.24, 2.45) is 4.99 Å². The first-order chi connectivity index (χ1) is 12.4. The van der Waals surface area contributed by atoms with Gasteiger partial charge in [0.1, 0.15) is 5.82 Å². The van der Waals surface area contributed by atoms with Crippen LogP contribution in [0.4, 0.5) is 5.82 Å². The van der Waals surface area contributed by atoms with Crippen molar-refractivity contribution in [1.29, 1.82) is 0 Å². The van der Waals surface area contributed by atoms with Crippen molar-refractivity contribution >= 4 is 11.8 Å². The Labute approximate surface area is 160 Å². The third-order valence-corrected chi connectivity index (χ3v) is 4.25. The maximum absolute atomic E-state index is 4.73. The second-order valence-electron chi connectivity index (χ2n) is 7.28. The predicted molar refractivity (Wildman–Crippen MR) is 113 cm³/mol. The molecule has 0 amide bonds. The molecular weight excluding hydrogens is 324 g/mol. The van der Waals surface area contributed by atoms with E-state index in [-0.39, 0.29) is 0 Å². The standard InChI is InChI=1S/C20H38N6/c1-8-21-20(23-13-10-14-26(16(2)3)17(4)5)24-15-18-11-9-12-22-19(18)25(6)7/h9,11-12,16-17H,8,10,13-15H2,1-7H3,(H2,21,23,24). The molecule has 0 aliphatic rings. The van der Waals surface area contributed by atoms with E-state index in [1.807, 2.05) is 31.3 Å². The van der Waals surface area contributed by atoms with Crippen molar-refractivity contribution in [1.82, 2.24) is 20.5 Å². The fraction of sp³-hybridized carbons (Fsp3) is 0.700. The molecule has 148 valence electrons. The molecule has 6 heteroatoms. The van der Waals surface area contributed by atoms with Crippen LogP contribution in [-0.4, -0.2) is 61.7 Å². The van der Waals surface area contributed by atoms with Crippen molar-refractivity contribution in [3.63, 3.8) is 0 Å². The molecule has 0 aliphatic heterocycles. The minimum Gasteiger partial charge on any atom is -0.362 e. The number of nitrogens with zero attached hydrogens (tertiary/aromatic N) is 4. The van der Waals surface area contributed by atoms with Crippen molar-refractivity contribution in [2.45, 2.75) is 59.7 Å². The number of hydrogen-bond acceptors (Lipinski definition) is 4. The zero-order valence-electron chi connectivity index (χ0n) is 17.7. The lowest BCUT2D eigenvalue weighted by Crippen LogP contribution is -2.41. The minimum absolute atomic E-state index is 0.576. The van der Waals surface area contributed by atoms with Gasteiger partial charge in [0, 0.05) is 57.6 Å². The van der Waals surface area contributed by atoms with E-state index in [1.165, 1.54) is 0 Å². The van der Waals surface area contributed by atoms with Gasteiger partial charge in [-0.05, 0) is 47.1 Å². The van der Waals surface area contributed by atoms with Gasteiger partial charge in [-0.1, -0.05) is 6.07 Å². The predicted octanol–water partition coefficient (Wildman–Crippen LogP) is 2.71. The van der Waals surface area contributed by atoms with Gasteiger partial charge in [-0.2, -0.15) is 0 Å². The van der Waals surface area contributed by atoms with Crippen LogP contribution in [0.2, 0.25) is 0 Å². The molecule has 0 saturated carbocycles. The summed E-state index contributed by atoms with van der Waals surface area (Å²) in [6.07, 6.45) is 2.91. The molecule has 1 rings (SSSR count). The SMILES string of the molecule is CCNC(=NCc1cccnc1N(C)C)NCCCN(C(C)C)C(C)C. The molecule has 0 bridgehead atoms. The maximum atomic E-state index is 4.73. The van der Waals surface area contributed by atoms with Gasteiger partial charge in [-0.25, -0.2) is 9.98 Å². The molecular formula is C20H38N6. The highest BCUT2D eigenvalue weighted by molar-refractivity contribution is 5.79. The molecule has 0 radical (unpaired) electrons. The van der Waals surface area contributed by atoms with Crippen LogP contribution in [0.5, 0.6) is 0 Å². The fourth-order valence-corrected chi connectivity index (χ4v) is 3.04. The first kappa shape index (κ1) is 22.2. The Balaban J connectivity index is 2.59. The van der Waals surface area contributed by atoms with Crippen molar-refractivity contribution in [3.8, 4) is 0 Å². The minimum atomic E-state index is 0.576. The zero-order valence-corrected chi connectivity index (χ0v) is 17.7. The summed E-state index contributed by atoms with van der Waals surface area (Å²) in [7, 11) is 4.02. The lowest BCUT2D eigenvalue weighted by molar-refractivity contribution is 0.173. The first-order valence-corrected chi connectivity index (χ1v) is 9.75. The van der Waals surface area contributed by atoms with Gasteiger partial charge in [0.25, 0.3) is 0 Å². The smallest absolute Gasteiger partial charge is 0.191 e. The number of guanidine groups is 1. The Bertz CT molecular complexity index is 531. The van der Waals surface area contributed by atoms with E-state index in [9.17, 15) is 0 Å². The summed E-state index contributed by atoms with van der Waals surface area (Å²) in [5.74, 6) is 1.83. The average Bonchev–Trinajstić information content (AvgIpc) is 2.58. The molecule has 2 N–H and O–H groups in total. The second-order valence-corrected chi connectivity index (χ2v) is 7.28. The third-order valence-electron chi connectivity index (χ3n) is 4.25. The molecule has 0 fully saturated rings. The van der Waals surface area contributed by atoms with E-state index in [2.05, 4.69) is 61.2 Å². The van der Waals surface area contributed by atoms with Gasteiger partial charge in [0.15, 0.2) is 5.96 Å². The van der Waals surface area contributed by atoms with Crippen LogP contribution in [0.25, 0.3) is 0 Å². The van der Waals surface area contributed by atoms with Gasteiger partial charge in [0.2, 0.25) is 0 Å². The highest BCUT2D eigenvalue weighted by atomic mass is 15.2. The molecule has 1 heterocycles. The molecule has 1 aromatic rings. The van der Waals surface area contributed by atoms with Crippen LogP contribution in [0, 0.1) is 0 Å². The summed E-state index contributed by atoms with van der Waals surface area (Å²) >= 11 is 0. The second kappa shape index (κ2) is 11.7. The highest BCUT2D eigenvalue weighted by Gasteiger charge is 2.12. The summed E-state index contributed by atoms with van der Waals surface area (Å²) in [6.45, 7) is 14.6. The van der Waals surface area contributed by atoms with E-state index >= 15 is 0 Å². The highest BCUT2D eigenvalue weighted by Crippen LogP contribution is 2.15. The summed E-state index contributed by atoms with van der Waals surface area (Å²) in [5.41, 5.74) is 1.13. The molecule has 0 saturated heterocycles. The van der Waals surface area contributed by atoms with Crippen LogP contribution in [0.3, 0.4) is 0 Å². The van der Waals surface area contributed by atoms with E-state index in [1.54, 1.807) is 0 Å². The Hall–Kier alpha value is -1.82. The lowest BCUT2D eigenvalue weighted by atomic mass is 10.2.